The lowest BCUT2D eigenvalue weighted by Crippen LogP contribution is -2.28. The van der Waals surface area contributed by atoms with E-state index in [2.05, 4.69) is 20.8 Å². The highest BCUT2D eigenvalue weighted by atomic mass is 16.6. The summed E-state index contributed by atoms with van der Waals surface area (Å²) in [4.78, 5) is 52.5. The number of hydrogen-bond acceptors (Lipinski definition) is 8. The standard InChI is InChI=1S/C39H54O8/c1-7-13-16-26(10-4)37(41)44-30-21-19-29(20-22-30)36-33(40)25-32-34(46-36)23-31(45-38(42)27(11-5)17-14-8-2)24-35(32)47-39(43)28(12-6)18-15-9-3/h19-24,26-28,36H,7-18,25H2,1-6H3. The van der Waals surface area contributed by atoms with Crippen molar-refractivity contribution in [2.75, 3.05) is 0 Å². The second-order valence-electron chi connectivity index (χ2n) is 12.6. The Morgan fingerprint density at radius 1 is 0.681 bits per heavy atom. The first-order valence-corrected chi connectivity index (χ1v) is 17.8. The van der Waals surface area contributed by atoms with Crippen molar-refractivity contribution in [3.8, 4) is 23.0 Å². The number of fused-ring (bicyclic) bond motifs is 1. The Hall–Kier alpha value is -3.68. The Balaban J connectivity index is 1.89. The molecule has 258 valence electrons. The fourth-order valence-electron chi connectivity index (χ4n) is 5.86. The van der Waals surface area contributed by atoms with Gasteiger partial charge in [-0.25, -0.2) is 0 Å². The quantitative estimate of drug-likeness (QED) is 0.109. The molecule has 0 saturated carbocycles. The van der Waals surface area contributed by atoms with E-state index in [0.717, 1.165) is 51.4 Å². The highest BCUT2D eigenvalue weighted by Crippen LogP contribution is 2.42. The normalized spacial score (nSPS) is 16.0. The van der Waals surface area contributed by atoms with Crippen molar-refractivity contribution in [3.63, 3.8) is 0 Å². The van der Waals surface area contributed by atoms with Crippen LogP contribution in [0.4, 0.5) is 0 Å². The highest BCUT2D eigenvalue weighted by molar-refractivity contribution is 5.90. The van der Waals surface area contributed by atoms with Crippen LogP contribution in [0.5, 0.6) is 23.0 Å². The molecule has 0 N–H and O–H groups in total. The van der Waals surface area contributed by atoms with Crippen LogP contribution in [0.3, 0.4) is 0 Å². The van der Waals surface area contributed by atoms with E-state index < -0.39 is 6.10 Å². The minimum atomic E-state index is -0.935. The number of benzene rings is 2. The first-order valence-electron chi connectivity index (χ1n) is 17.8. The SMILES string of the molecule is CCCCC(CC)C(=O)Oc1ccc(C2Oc3cc(OC(=O)C(CC)CCCC)cc(OC(=O)C(CC)CCCC)c3CC2=O)cc1. The summed E-state index contributed by atoms with van der Waals surface area (Å²) in [5.41, 5.74) is 1.04. The molecule has 2 aromatic rings. The van der Waals surface area contributed by atoms with Crippen LogP contribution in [0.1, 0.15) is 136 Å². The zero-order valence-electron chi connectivity index (χ0n) is 29.2. The zero-order valence-corrected chi connectivity index (χ0v) is 29.2. The molecule has 1 heterocycles. The molecule has 0 bridgehead atoms. The average molecular weight is 651 g/mol. The largest absolute Gasteiger partial charge is 0.477 e. The van der Waals surface area contributed by atoms with Gasteiger partial charge in [0.2, 0.25) is 0 Å². The Labute approximate surface area is 280 Å². The molecule has 0 radical (unpaired) electrons. The molecule has 47 heavy (non-hydrogen) atoms. The van der Waals surface area contributed by atoms with E-state index in [-0.39, 0.29) is 59.4 Å². The Kier molecular flexibility index (Phi) is 15.4. The van der Waals surface area contributed by atoms with E-state index in [0.29, 0.717) is 48.3 Å². The molecule has 0 aromatic heterocycles. The smallest absolute Gasteiger partial charge is 0.314 e. The number of esters is 3. The summed E-state index contributed by atoms with van der Waals surface area (Å²) in [6.07, 6.45) is 9.00. The van der Waals surface area contributed by atoms with Crippen LogP contribution in [-0.4, -0.2) is 23.7 Å². The van der Waals surface area contributed by atoms with Crippen molar-refractivity contribution in [2.24, 2.45) is 17.8 Å². The van der Waals surface area contributed by atoms with Gasteiger partial charge in [0.1, 0.15) is 23.0 Å². The third-order valence-corrected chi connectivity index (χ3v) is 9.06. The van der Waals surface area contributed by atoms with Crippen molar-refractivity contribution in [2.45, 2.75) is 131 Å². The van der Waals surface area contributed by atoms with E-state index in [1.165, 1.54) is 6.07 Å². The summed E-state index contributed by atoms with van der Waals surface area (Å²) in [5.74, 6) is -0.762. The Morgan fingerprint density at radius 3 is 1.62 bits per heavy atom. The molecule has 4 unspecified atom stereocenters. The number of ketones is 1. The van der Waals surface area contributed by atoms with Gasteiger partial charge >= 0.3 is 17.9 Å². The molecule has 0 fully saturated rings. The topological polar surface area (TPSA) is 105 Å². The van der Waals surface area contributed by atoms with Crippen LogP contribution in [-0.2, 0) is 25.6 Å². The third kappa shape index (κ3) is 10.7. The average Bonchev–Trinajstić information content (AvgIpc) is 3.06. The lowest BCUT2D eigenvalue weighted by Gasteiger charge is -2.27. The molecule has 0 amide bonds. The van der Waals surface area contributed by atoms with Gasteiger partial charge in [0.05, 0.1) is 17.8 Å². The van der Waals surface area contributed by atoms with Gasteiger partial charge in [0, 0.05) is 29.7 Å². The van der Waals surface area contributed by atoms with Crippen molar-refractivity contribution in [1.29, 1.82) is 0 Å². The number of ether oxygens (including phenoxy) is 4. The number of hydrogen-bond donors (Lipinski definition) is 0. The maximum absolute atomic E-state index is 13.5. The van der Waals surface area contributed by atoms with Crippen LogP contribution >= 0.6 is 0 Å². The van der Waals surface area contributed by atoms with Gasteiger partial charge < -0.3 is 18.9 Å². The van der Waals surface area contributed by atoms with E-state index in [1.807, 2.05) is 20.8 Å². The summed E-state index contributed by atoms with van der Waals surface area (Å²) in [6, 6.07) is 9.89. The van der Waals surface area contributed by atoms with Gasteiger partial charge in [0.15, 0.2) is 11.9 Å². The van der Waals surface area contributed by atoms with Crippen molar-refractivity contribution >= 4 is 23.7 Å². The van der Waals surface area contributed by atoms with Crippen molar-refractivity contribution in [1.82, 2.24) is 0 Å². The van der Waals surface area contributed by atoms with Crippen LogP contribution in [0, 0.1) is 17.8 Å². The van der Waals surface area contributed by atoms with E-state index in [9.17, 15) is 19.2 Å². The molecule has 0 spiro atoms. The van der Waals surface area contributed by atoms with Crippen molar-refractivity contribution in [3.05, 3.63) is 47.5 Å². The minimum absolute atomic E-state index is 0.0248. The molecule has 0 aliphatic carbocycles. The lowest BCUT2D eigenvalue weighted by atomic mass is 9.95. The van der Waals surface area contributed by atoms with Gasteiger partial charge in [-0.15, -0.1) is 0 Å². The monoisotopic (exact) mass is 650 g/mol. The predicted molar refractivity (Wildman–Crippen MR) is 182 cm³/mol. The third-order valence-electron chi connectivity index (χ3n) is 9.06. The number of Topliss-reactive ketones (excluding diaryl/α,β-unsaturated/α-hetero) is 1. The molecule has 2 aromatic carbocycles. The summed E-state index contributed by atoms with van der Waals surface area (Å²) >= 11 is 0. The zero-order chi connectivity index (χ0) is 34.3. The summed E-state index contributed by atoms with van der Waals surface area (Å²) in [5, 5.41) is 0. The molecular formula is C39H54O8. The van der Waals surface area contributed by atoms with Gasteiger partial charge in [-0.05, 0) is 50.7 Å². The predicted octanol–water partition coefficient (Wildman–Crippen LogP) is 9.30. The summed E-state index contributed by atoms with van der Waals surface area (Å²) in [7, 11) is 0. The number of carbonyl (C=O) groups excluding carboxylic acids is 4. The number of rotatable bonds is 19. The van der Waals surface area contributed by atoms with Gasteiger partial charge in [0.25, 0.3) is 0 Å². The molecule has 8 heteroatoms. The molecular weight excluding hydrogens is 596 g/mol. The fraction of sp³-hybridized carbons (Fsp3) is 0.590. The lowest BCUT2D eigenvalue weighted by molar-refractivity contribution is -0.140. The highest BCUT2D eigenvalue weighted by Gasteiger charge is 2.34. The maximum atomic E-state index is 13.5. The molecule has 8 nitrogen and oxygen atoms in total. The van der Waals surface area contributed by atoms with Crippen molar-refractivity contribution < 1.29 is 38.1 Å². The second-order valence-corrected chi connectivity index (χ2v) is 12.6. The van der Waals surface area contributed by atoms with Crippen LogP contribution in [0.15, 0.2) is 36.4 Å². The molecule has 3 rings (SSSR count). The van der Waals surface area contributed by atoms with E-state index in [4.69, 9.17) is 18.9 Å². The van der Waals surface area contributed by atoms with Gasteiger partial charge in [-0.2, -0.15) is 0 Å². The van der Waals surface area contributed by atoms with E-state index >= 15 is 0 Å². The fourth-order valence-corrected chi connectivity index (χ4v) is 5.86. The first kappa shape index (κ1) is 37.8. The minimum Gasteiger partial charge on any atom is -0.477 e. The molecule has 1 aliphatic heterocycles. The Morgan fingerprint density at radius 2 is 1.15 bits per heavy atom. The second kappa shape index (κ2) is 19.2. The van der Waals surface area contributed by atoms with Gasteiger partial charge in [-0.3, -0.25) is 19.2 Å². The van der Waals surface area contributed by atoms with E-state index in [1.54, 1.807) is 30.3 Å². The molecule has 4 atom stereocenters. The molecule has 0 saturated heterocycles. The van der Waals surface area contributed by atoms with Crippen LogP contribution in [0.25, 0.3) is 0 Å². The van der Waals surface area contributed by atoms with Crippen LogP contribution < -0.4 is 18.9 Å². The summed E-state index contributed by atoms with van der Waals surface area (Å²) < 4.78 is 23.7. The Bertz CT molecular complexity index is 1330. The number of carbonyl (C=O) groups is 4. The maximum Gasteiger partial charge on any atom is 0.314 e. The molecule has 1 aliphatic rings. The summed E-state index contributed by atoms with van der Waals surface area (Å²) in [6.45, 7) is 12.1. The van der Waals surface area contributed by atoms with Gasteiger partial charge in [-0.1, -0.05) is 92.2 Å². The number of unbranched alkanes of at least 4 members (excludes halogenated alkanes) is 3. The first-order chi connectivity index (χ1) is 22.7. The van der Waals surface area contributed by atoms with Crippen LogP contribution in [0.2, 0.25) is 0 Å².